The second-order valence-corrected chi connectivity index (χ2v) is 7.08. The Morgan fingerprint density at radius 2 is 2.33 bits per heavy atom. The fraction of sp³-hybridized carbons (Fsp3) is 0.733. The summed E-state index contributed by atoms with van der Waals surface area (Å²) >= 11 is 3.33. The molecule has 0 bridgehead atoms. The van der Waals surface area contributed by atoms with E-state index in [1.165, 1.54) is 0 Å². The maximum atomic E-state index is 12.3. The highest BCUT2D eigenvalue weighted by molar-refractivity contribution is 9.09. The number of amides is 1. The van der Waals surface area contributed by atoms with Crippen molar-refractivity contribution in [3.63, 3.8) is 0 Å². The monoisotopic (exact) mass is 357 g/mol. The van der Waals surface area contributed by atoms with Gasteiger partial charge in [0.1, 0.15) is 0 Å². The van der Waals surface area contributed by atoms with Gasteiger partial charge in [-0.15, -0.1) is 0 Å². The van der Waals surface area contributed by atoms with Gasteiger partial charge in [-0.3, -0.25) is 4.79 Å². The molecule has 1 amide bonds. The van der Waals surface area contributed by atoms with Crippen molar-refractivity contribution in [3.8, 4) is 0 Å². The van der Waals surface area contributed by atoms with Crippen LogP contribution in [0.25, 0.3) is 0 Å². The van der Waals surface area contributed by atoms with Crippen LogP contribution in [0.5, 0.6) is 0 Å². The predicted octanol–water partition coefficient (Wildman–Crippen LogP) is 1.29. The van der Waals surface area contributed by atoms with Crippen molar-refractivity contribution in [2.75, 3.05) is 5.33 Å². The molecule has 3 aliphatic rings. The van der Waals surface area contributed by atoms with Crippen molar-refractivity contribution in [3.05, 3.63) is 12.2 Å². The molecule has 21 heavy (non-hydrogen) atoms. The summed E-state index contributed by atoms with van der Waals surface area (Å²) in [5.41, 5.74) is -2.25. The number of rotatable bonds is 4. The van der Waals surface area contributed by atoms with Crippen LogP contribution in [0.2, 0.25) is 0 Å². The molecular formula is C15H20BrNO4. The normalized spacial score (nSPS) is 42.8. The van der Waals surface area contributed by atoms with Crippen molar-refractivity contribution in [2.45, 2.75) is 49.9 Å². The minimum absolute atomic E-state index is 0.117. The molecule has 2 N–H and O–H groups in total. The number of carbonyl (C=O) groups is 2. The Morgan fingerprint density at radius 1 is 1.57 bits per heavy atom. The van der Waals surface area contributed by atoms with Crippen LogP contribution in [0, 0.1) is 11.8 Å². The van der Waals surface area contributed by atoms with Gasteiger partial charge >= 0.3 is 5.97 Å². The molecule has 0 aromatic rings. The Kier molecular flexibility index (Phi) is 3.64. The molecule has 0 aromatic carbocycles. The molecule has 3 rings (SSSR count). The molecule has 2 saturated heterocycles. The highest BCUT2D eigenvalue weighted by atomic mass is 79.9. The van der Waals surface area contributed by atoms with Crippen molar-refractivity contribution >= 4 is 27.8 Å². The van der Waals surface area contributed by atoms with Gasteiger partial charge in [0, 0.05) is 11.2 Å². The van der Waals surface area contributed by atoms with E-state index < -0.39 is 29.1 Å². The van der Waals surface area contributed by atoms with E-state index in [1.54, 1.807) is 6.92 Å². The third-order valence-corrected chi connectivity index (χ3v) is 5.71. The lowest BCUT2D eigenvalue weighted by Crippen LogP contribution is -2.80. The molecule has 0 spiro atoms. The summed E-state index contributed by atoms with van der Waals surface area (Å²) < 4.78 is 5.37. The van der Waals surface area contributed by atoms with E-state index in [9.17, 15) is 14.7 Å². The zero-order valence-corrected chi connectivity index (χ0v) is 13.6. The molecule has 2 fully saturated rings. The second-order valence-electron chi connectivity index (χ2n) is 6.29. The molecule has 0 saturated carbocycles. The number of alkyl halides is 1. The molecule has 0 unspecified atom stereocenters. The van der Waals surface area contributed by atoms with Crippen molar-refractivity contribution in [1.82, 2.24) is 5.32 Å². The standard InChI is InChI=1S/C15H20BrNO4/c1-14-10(7-8-16)12(19)17-15(14,13(20)21-14)11(18)9-5-3-2-4-6-9/h3,5,9-11,18H,2,4,6-8H2,1H3,(H,17,19)/t9-,10+,11-,14+,15+/m1/s1. The summed E-state index contributed by atoms with van der Waals surface area (Å²) in [5.74, 6) is -1.26. The molecule has 1 aliphatic carbocycles. The van der Waals surface area contributed by atoms with Gasteiger partial charge in [0.25, 0.3) is 0 Å². The number of hydrogen-bond donors (Lipinski definition) is 2. The minimum Gasteiger partial charge on any atom is -0.453 e. The number of halogens is 1. The number of fused-ring (bicyclic) bond motifs is 1. The average Bonchev–Trinajstić information content (AvgIpc) is 2.65. The van der Waals surface area contributed by atoms with Gasteiger partial charge in [-0.25, -0.2) is 4.79 Å². The summed E-state index contributed by atoms with van der Waals surface area (Å²) in [6.45, 7) is 1.76. The Labute approximate surface area is 132 Å². The molecule has 5 atom stereocenters. The molecular weight excluding hydrogens is 338 g/mol. The topological polar surface area (TPSA) is 75.6 Å². The number of carbonyl (C=O) groups excluding carboxylic acids is 2. The lowest BCUT2D eigenvalue weighted by molar-refractivity contribution is -0.238. The third-order valence-electron chi connectivity index (χ3n) is 5.25. The van der Waals surface area contributed by atoms with Gasteiger partial charge in [-0.2, -0.15) is 0 Å². The fourth-order valence-electron chi connectivity index (χ4n) is 3.99. The fourth-order valence-corrected chi connectivity index (χ4v) is 4.45. The van der Waals surface area contributed by atoms with Crippen LogP contribution in [0.15, 0.2) is 12.2 Å². The summed E-state index contributed by atoms with van der Waals surface area (Å²) in [5, 5.41) is 14.2. The second kappa shape index (κ2) is 5.09. The maximum absolute atomic E-state index is 12.3. The summed E-state index contributed by atoms with van der Waals surface area (Å²) in [6.07, 6.45) is 6.42. The molecule has 116 valence electrons. The van der Waals surface area contributed by atoms with E-state index in [2.05, 4.69) is 21.2 Å². The maximum Gasteiger partial charge on any atom is 0.339 e. The Hall–Kier alpha value is -0.880. The smallest absolute Gasteiger partial charge is 0.339 e. The number of hydrogen-bond acceptors (Lipinski definition) is 4. The van der Waals surface area contributed by atoms with Crippen LogP contribution < -0.4 is 5.32 Å². The first-order valence-electron chi connectivity index (χ1n) is 7.43. The van der Waals surface area contributed by atoms with E-state index in [1.807, 2.05) is 12.2 Å². The van der Waals surface area contributed by atoms with Gasteiger partial charge in [0.2, 0.25) is 11.4 Å². The number of nitrogens with one attached hydrogen (secondary N) is 1. The van der Waals surface area contributed by atoms with Crippen LogP contribution in [-0.2, 0) is 14.3 Å². The number of aliphatic hydroxyl groups is 1. The molecule has 0 aromatic heterocycles. The molecule has 5 nitrogen and oxygen atoms in total. The van der Waals surface area contributed by atoms with Crippen molar-refractivity contribution in [2.24, 2.45) is 11.8 Å². The number of allylic oxidation sites excluding steroid dienone is 1. The molecule has 6 heteroatoms. The third kappa shape index (κ3) is 1.84. The van der Waals surface area contributed by atoms with Gasteiger partial charge in [0.15, 0.2) is 5.60 Å². The summed E-state index contributed by atoms with van der Waals surface area (Å²) in [6, 6.07) is 0. The van der Waals surface area contributed by atoms with Crippen molar-refractivity contribution < 1.29 is 19.4 Å². The van der Waals surface area contributed by atoms with Crippen LogP contribution in [-0.4, -0.2) is 39.6 Å². The van der Waals surface area contributed by atoms with Gasteiger partial charge in [-0.05, 0) is 32.6 Å². The van der Waals surface area contributed by atoms with E-state index in [-0.39, 0.29) is 11.8 Å². The first-order chi connectivity index (χ1) is 9.97. The average molecular weight is 358 g/mol. The summed E-state index contributed by atoms with van der Waals surface area (Å²) in [4.78, 5) is 24.5. The van der Waals surface area contributed by atoms with E-state index in [0.717, 1.165) is 19.3 Å². The van der Waals surface area contributed by atoms with Gasteiger partial charge in [-0.1, -0.05) is 28.1 Å². The number of ether oxygens (including phenoxy) is 1. The largest absolute Gasteiger partial charge is 0.453 e. The van der Waals surface area contributed by atoms with E-state index >= 15 is 0 Å². The van der Waals surface area contributed by atoms with Crippen molar-refractivity contribution in [1.29, 1.82) is 0 Å². The highest BCUT2D eigenvalue weighted by Crippen LogP contribution is 2.53. The molecule has 2 aliphatic heterocycles. The van der Waals surface area contributed by atoms with Gasteiger partial charge < -0.3 is 15.2 Å². The van der Waals surface area contributed by atoms with E-state index in [4.69, 9.17) is 4.74 Å². The van der Waals surface area contributed by atoms with E-state index in [0.29, 0.717) is 11.8 Å². The van der Waals surface area contributed by atoms with Crippen LogP contribution in [0.1, 0.15) is 32.6 Å². The van der Waals surface area contributed by atoms with Crippen LogP contribution in [0.4, 0.5) is 0 Å². The Bertz CT molecular complexity index is 508. The lowest BCUT2D eigenvalue weighted by atomic mass is 9.64. The Morgan fingerprint density at radius 3 is 2.90 bits per heavy atom. The first kappa shape index (κ1) is 15.0. The minimum atomic E-state index is -1.29. The summed E-state index contributed by atoms with van der Waals surface area (Å²) in [7, 11) is 0. The predicted molar refractivity (Wildman–Crippen MR) is 79.8 cm³/mol. The zero-order valence-electron chi connectivity index (χ0n) is 12.0. The molecule has 2 heterocycles. The van der Waals surface area contributed by atoms with Gasteiger partial charge in [0.05, 0.1) is 12.0 Å². The number of aliphatic hydroxyl groups excluding tert-OH is 1. The number of esters is 1. The first-order valence-corrected chi connectivity index (χ1v) is 8.55. The van der Waals surface area contributed by atoms with Crippen LogP contribution in [0.3, 0.4) is 0 Å². The SMILES string of the molecule is C[C@@]12OC(=O)[C@]1([C@H](O)[C@@H]1C=CCCC1)NC(=O)[C@@H]2CCBr. The quantitative estimate of drug-likeness (QED) is 0.451. The Balaban J connectivity index is 1.94. The molecule has 0 radical (unpaired) electrons. The highest BCUT2D eigenvalue weighted by Gasteiger charge is 2.79. The zero-order chi connectivity index (χ0) is 15.3. The lowest BCUT2D eigenvalue weighted by Gasteiger charge is -2.54. The van der Waals surface area contributed by atoms with Crippen LogP contribution >= 0.6 is 15.9 Å².